The molecule has 0 bridgehead atoms. The van der Waals surface area contributed by atoms with E-state index in [2.05, 4.69) is 0 Å². The summed E-state index contributed by atoms with van der Waals surface area (Å²) in [4.78, 5) is 0. The number of nitriles is 1. The van der Waals surface area contributed by atoms with E-state index in [-0.39, 0.29) is 0 Å². The summed E-state index contributed by atoms with van der Waals surface area (Å²) in [7, 11) is 1.58. The molecule has 0 heterocycles. The molecule has 1 aromatic rings. The maximum Gasteiger partial charge on any atom is 0.119 e. The van der Waals surface area contributed by atoms with Gasteiger partial charge in [-0.25, -0.2) is 0 Å². The van der Waals surface area contributed by atoms with Gasteiger partial charge < -0.3 is 4.74 Å². The van der Waals surface area contributed by atoms with Crippen molar-refractivity contribution in [1.82, 2.24) is 0 Å². The Hall–Kier alpha value is -1.46. The molecule has 0 saturated carbocycles. The Balaban J connectivity index is 3.05. The Kier molecular flexibility index (Phi) is 3.36. The molecule has 0 spiro atoms. The van der Waals surface area contributed by atoms with Crippen LogP contribution in [0.5, 0.6) is 5.75 Å². The summed E-state index contributed by atoms with van der Waals surface area (Å²) in [5.41, 5.74) is 0.780. The van der Waals surface area contributed by atoms with Crippen LogP contribution in [0.25, 0.3) is 6.08 Å². The second-order valence-corrected chi connectivity index (χ2v) is 2.76. The summed E-state index contributed by atoms with van der Waals surface area (Å²) in [6, 6.07) is 7.18. The van der Waals surface area contributed by atoms with Gasteiger partial charge >= 0.3 is 0 Å². The second kappa shape index (κ2) is 4.54. The summed E-state index contributed by atoms with van der Waals surface area (Å²) in [6.45, 7) is 0. The van der Waals surface area contributed by atoms with Gasteiger partial charge in [0.05, 0.1) is 13.2 Å². The Labute approximate surface area is 82.0 Å². The SMILES string of the molecule is COc1ccc(Cl)c(/C=C/C#N)c1. The summed E-state index contributed by atoms with van der Waals surface area (Å²) in [5.74, 6) is 0.724. The highest BCUT2D eigenvalue weighted by Gasteiger charge is 1.98. The first-order valence-corrected chi connectivity index (χ1v) is 4.05. The average molecular weight is 194 g/mol. The Morgan fingerprint density at radius 1 is 1.54 bits per heavy atom. The number of ether oxygens (including phenoxy) is 1. The molecule has 0 fully saturated rings. The number of rotatable bonds is 2. The van der Waals surface area contributed by atoms with Gasteiger partial charge in [0.25, 0.3) is 0 Å². The summed E-state index contributed by atoms with van der Waals surface area (Å²) in [6.07, 6.45) is 3.02. The predicted octanol–water partition coefficient (Wildman–Crippen LogP) is 2.89. The predicted molar refractivity (Wildman–Crippen MR) is 52.7 cm³/mol. The zero-order valence-electron chi connectivity index (χ0n) is 7.12. The van der Waals surface area contributed by atoms with Crippen LogP contribution in [0.4, 0.5) is 0 Å². The third kappa shape index (κ3) is 2.50. The second-order valence-electron chi connectivity index (χ2n) is 2.35. The fraction of sp³-hybridized carbons (Fsp3) is 0.100. The van der Waals surface area contributed by atoms with Crippen molar-refractivity contribution in [3.8, 4) is 11.8 Å². The fourth-order valence-corrected chi connectivity index (χ4v) is 1.08. The molecule has 3 heteroatoms. The summed E-state index contributed by atoms with van der Waals surface area (Å²) < 4.78 is 5.01. The van der Waals surface area contributed by atoms with Crippen LogP contribution in [-0.2, 0) is 0 Å². The lowest BCUT2D eigenvalue weighted by molar-refractivity contribution is 0.414. The lowest BCUT2D eigenvalue weighted by atomic mass is 10.2. The number of allylic oxidation sites excluding steroid dienone is 1. The van der Waals surface area contributed by atoms with E-state index in [9.17, 15) is 0 Å². The van der Waals surface area contributed by atoms with Crippen molar-refractivity contribution in [1.29, 1.82) is 5.26 Å². The molecule has 0 unspecified atom stereocenters. The number of nitrogens with zero attached hydrogens (tertiary/aromatic N) is 1. The maximum atomic E-state index is 8.33. The van der Waals surface area contributed by atoms with Crippen molar-refractivity contribution >= 4 is 17.7 Å². The van der Waals surface area contributed by atoms with Gasteiger partial charge in [-0.2, -0.15) is 5.26 Å². The minimum Gasteiger partial charge on any atom is -0.497 e. The van der Waals surface area contributed by atoms with Crippen molar-refractivity contribution in [2.45, 2.75) is 0 Å². The summed E-state index contributed by atoms with van der Waals surface area (Å²) in [5, 5.41) is 8.94. The van der Waals surface area contributed by atoms with E-state index in [1.54, 1.807) is 31.4 Å². The van der Waals surface area contributed by atoms with Crippen LogP contribution in [0, 0.1) is 11.3 Å². The minimum atomic E-state index is 0.604. The van der Waals surface area contributed by atoms with Gasteiger partial charge in [-0.15, -0.1) is 0 Å². The Morgan fingerprint density at radius 2 is 2.31 bits per heavy atom. The number of benzene rings is 1. The molecule has 0 amide bonds. The molecule has 0 atom stereocenters. The lowest BCUT2D eigenvalue weighted by Gasteiger charge is -2.01. The number of hydrogen-bond donors (Lipinski definition) is 0. The van der Waals surface area contributed by atoms with Gasteiger partial charge in [0.15, 0.2) is 0 Å². The maximum absolute atomic E-state index is 8.33. The van der Waals surface area contributed by atoms with Crippen molar-refractivity contribution in [2.24, 2.45) is 0 Å². The molecule has 0 aliphatic rings. The smallest absolute Gasteiger partial charge is 0.119 e. The van der Waals surface area contributed by atoms with Crippen LogP contribution >= 0.6 is 11.6 Å². The molecule has 66 valence electrons. The van der Waals surface area contributed by atoms with Gasteiger partial charge in [-0.1, -0.05) is 11.6 Å². The van der Waals surface area contributed by atoms with E-state index in [1.807, 2.05) is 6.07 Å². The van der Waals surface area contributed by atoms with Crippen LogP contribution < -0.4 is 4.74 Å². The zero-order chi connectivity index (χ0) is 9.68. The molecule has 13 heavy (non-hydrogen) atoms. The third-order valence-corrected chi connectivity index (χ3v) is 1.88. The highest BCUT2D eigenvalue weighted by Crippen LogP contribution is 2.22. The average Bonchev–Trinajstić information content (AvgIpc) is 2.17. The first kappa shape index (κ1) is 9.63. The van der Waals surface area contributed by atoms with E-state index in [1.165, 1.54) is 6.08 Å². The van der Waals surface area contributed by atoms with Gasteiger partial charge in [-0.05, 0) is 29.8 Å². The molecule has 0 saturated heterocycles. The van der Waals surface area contributed by atoms with Crippen LogP contribution in [0.1, 0.15) is 5.56 Å². The quantitative estimate of drug-likeness (QED) is 0.677. The van der Waals surface area contributed by atoms with E-state index in [4.69, 9.17) is 21.6 Å². The van der Waals surface area contributed by atoms with Gasteiger partial charge in [0, 0.05) is 11.1 Å². The monoisotopic (exact) mass is 193 g/mol. The van der Waals surface area contributed by atoms with Crippen LogP contribution in [0.2, 0.25) is 5.02 Å². The first-order valence-electron chi connectivity index (χ1n) is 3.67. The number of halogens is 1. The molecule has 0 radical (unpaired) electrons. The largest absolute Gasteiger partial charge is 0.497 e. The molecule has 1 rings (SSSR count). The highest BCUT2D eigenvalue weighted by molar-refractivity contribution is 6.32. The molecule has 0 aliphatic carbocycles. The van der Waals surface area contributed by atoms with Crippen LogP contribution in [-0.4, -0.2) is 7.11 Å². The van der Waals surface area contributed by atoms with E-state index < -0.39 is 0 Å². The lowest BCUT2D eigenvalue weighted by Crippen LogP contribution is -1.83. The van der Waals surface area contributed by atoms with Crippen LogP contribution in [0.15, 0.2) is 24.3 Å². The molecular formula is C10H8ClNO. The van der Waals surface area contributed by atoms with Crippen molar-refractivity contribution in [3.05, 3.63) is 34.9 Å². The Bertz CT molecular complexity index is 366. The van der Waals surface area contributed by atoms with Crippen molar-refractivity contribution in [3.63, 3.8) is 0 Å². The molecular weight excluding hydrogens is 186 g/mol. The number of hydrogen-bond acceptors (Lipinski definition) is 2. The fourth-order valence-electron chi connectivity index (χ4n) is 0.904. The van der Waals surface area contributed by atoms with E-state index in [0.29, 0.717) is 5.02 Å². The standard InChI is InChI=1S/C10H8ClNO/c1-13-9-4-5-10(11)8(7-9)3-2-6-12/h2-5,7H,1H3/b3-2+. The third-order valence-electron chi connectivity index (χ3n) is 1.54. The first-order chi connectivity index (χ1) is 6.27. The molecule has 2 nitrogen and oxygen atoms in total. The van der Waals surface area contributed by atoms with Crippen LogP contribution in [0.3, 0.4) is 0 Å². The normalized spacial score (nSPS) is 9.92. The molecule has 0 aliphatic heterocycles. The molecule has 0 aromatic heterocycles. The van der Waals surface area contributed by atoms with Gasteiger partial charge in [-0.3, -0.25) is 0 Å². The topological polar surface area (TPSA) is 33.0 Å². The summed E-state index contributed by atoms with van der Waals surface area (Å²) >= 11 is 5.87. The van der Waals surface area contributed by atoms with Crippen molar-refractivity contribution in [2.75, 3.05) is 7.11 Å². The molecule has 1 aromatic carbocycles. The van der Waals surface area contributed by atoms with Gasteiger partial charge in [0.2, 0.25) is 0 Å². The van der Waals surface area contributed by atoms with Crippen molar-refractivity contribution < 1.29 is 4.74 Å². The van der Waals surface area contributed by atoms with Gasteiger partial charge in [0.1, 0.15) is 5.75 Å². The number of methoxy groups -OCH3 is 1. The van der Waals surface area contributed by atoms with E-state index >= 15 is 0 Å². The zero-order valence-corrected chi connectivity index (χ0v) is 7.88. The molecule has 0 N–H and O–H groups in total. The highest BCUT2D eigenvalue weighted by atomic mass is 35.5. The minimum absolute atomic E-state index is 0.604. The Morgan fingerprint density at radius 3 is 2.92 bits per heavy atom. The van der Waals surface area contributed by atoms with E-state index in [0.717, 1.165) is 11.3 Å².